The van der Waals surface area contributed by atoms with Crippen molar-refractivity contribution in [3.63, 3.8) is 0 Å². The van der Waals surface area contributed by atoms with Crippen LogP contribution < -0.4 is 5.32 Å². The Morgan fingerprint density at radius 3 is 2.67 bits per heavy atom. The number of fused-ring (bicyclic) bond motifs is 1. The third kappa shape index (κ3) is 2.67. The fraction of sp³-hybridized carbons (Fsp3) is 0.188. The van der Waals surface area contributed by atoms with E-state index in [1.807, 2.05) is 6.92 Å². The van der Waals surface area contributed by atoms with E-state index in [9.17, 15) is 9.50 Å². The minimum Gasteiger partial charge on any atom is -0.508 e. The van der Waals surface area contributed by atoms with Crippen molar-refractivity contribution < 1.29 is 9.50 Å². The van der Waals surface area contributed by atoms with Crippen LogP contribution in [-0.2, 0) is 13.1 Å². The van der Waals surface area contributed by atoms with Crippen LogP contribution in [0.1, 0.15) is 12.7 Å². The first-order valence-electron chi connectivity index (χ1n) is 6.85. The van der Waals surface area contributed by atoms with Gasteiger partial charge in [-0.2, -0.15) is 0 Å². The van der Waals surface area contributed by atoms with E-state index in [0.29, 0.717) is 12.1 Å². The number of nitrogens with zero attached hydrogens (tertiary/aromatic N) is 2. The van der Waals surface area contributed by atoms with Crippen LogP contribution in [0.4, 0.5) is 10.1 Å². The Morgan fingerprint density at radius 1 is 1.19 bits per heavy atom. The van der Waals surface area contributed by atoms with Gasteiger partial charge in [0.2, 0.25) is 0 Å². The number of rotatable bonds is 4. The summed E-state index contributed by atoms with van der Waals surface area (Å²) in [6, 6.07) is 11.5. The maximum Gasteiger partial charge on any atom is 0.129 e. The quantitative estimate of drug-likeness (QED) is 0.721. The predicted octanol–water partition coefficient (Wildman–Crippen LogP) is 3.51. The average Bonchev–Trinajstić information content (AvgIpc) is 2.83. The van der Waals surface area contributed by atoms with E-state index in [-0.39, 0.29) is 11.6 Å². The van der Waals surface area contributed by atoms with Gasteiger partial charge in [0.1, 0.15) is 17.4 Å². The molecule has 0 unspecified atom stereocenters. The summed E-state index contributed by atoms with van der Waals surface area (Å²) in [6.45, 7) is 3.35. The molecule has 0 bridgehead atoms. The Morgan fingerprint density at radius 2 is 1.95 bits per heavy atom. The smallest absolute Gasteiger partial charge is 0.129 e. The summed E-state index contributed by atoms with van der Waals surface area (Å²) in [5.74, 6) is 0.810. The van der Waals surface area contributed by atoms with Crippen LogP contribution in [0.3, 0.4) is 0 Å². The molecule has 21 heavy (non-hydrogen) atoms. The lowest BCUT2D eigenvalue weighted by Crippen LogP contribution is -2.07. The number of phenolic OH excluding ortho intramolecular Hbond substituents is 1. The van der Waals surface area contributed by atoms with E-state index < -0.39 is 0 Å². The fourth-order valence-corrected chi connectivity index (χ4v) is 2.40. The van der Waals surface area contributed by atoms with Gasteiger partial charge in [-0.05, 0) is 43.3 Å². The number of aryl methyl sites for hydroxylation is 1. The summed E-state index contributed by atoms with van der Waals surface area (Å²) in [5, 5.41) is 12.5. The molecule has 0 saturated heterocycles. The van der Waals surface area contributed by atoms with Crippen LogP contribution in [0.5, 0.6) is 5.75 Å². The molecule has 108 valence electrons. The highest BCUT2D eigenvalue weighted by Gasteiger charge is 2.10. The van der Waals surface area contributed by atoms with Crippen LogP contribution in [0, 0.1) is 5.82 Å². The number of aromatic nitrogens is 2. The molecule has 0 atom stereocenters. The highest BCUT2D eigenvalue weighted by Crippen LogP contribution is 2.19. The summed E-state index contributed by atoms with van der Waals surface area (Å²) in [6.07, 6.45) is 0. The van der Waals surface area contributed by atoms with Crippen LogP contribution in [0.25, 0.3) is 11.0 Å². The molecule has 0 fully saturated rings. The molecule has 0 radical (unpaired) electrons. The van der Waals surface area contributed by atoms with Crippen LogP contribution >= 0.6 is 0 Å². The molecule has 2 N–H and O–H groups in total. The van der Waals surface area contributed by atoms with Crippen LogP contribution in [0.2, 0.25) is 0 Å². The average molecular weight is 285 g/mol. The summed E-state index contributed by atoms with van der Waals surface area (Å²) < 4.78 is 15.3. The van der Waals surface area contributed by atoms with Gasteiger partial charge in [-0.3, -0.25) is 0 Å². The highest BCUT2D eigenvalue weighted by atomic mass is 19.1. The zero-order chi connectivity index (χ0) is 14.8. The molecule has 0 aliphatic carbocycles. The maximum absolute atomic E-state index is 13.3. The van der Waals surface area contributed by atoms with Crippen molar-refractivity contribution in [2.75, 3.05) is 5.32 Å². The van der Waals surface area contributed by atoms with Crippen molar-refractivity contribution in [2.45, 2.75) is 20.0 Å². The van der Waals surface area contributed by atoms with Crippen LogP contribution in [0.15, 0.2) is 42.5 Å². The lowest BCUT2D eigenvalue weighted by Gasteiger charge is -2.08. The Hall–Kier alpha value is -2.56. The van der Waals surface area contributed by atoms with E-state index in [4.69, 9.17) is 0 Å². The molecule has 1 aromatic heterocycles. The van der Waals surface area contributed by atoms with Crippen molar-refractivity contribution in [1.82, 2.24) is 9.55 Å². The Bertz CT molecular complexity index is 765. The summed E-state index contributed by atoms with van der Waals surface area (Å²) in [5.41, 5.74) is 2.49. The molecule has 0 amide bonds. The lowest BCUT2D eigenvalue weighted by atomic mass is 10.3. The van der Waals surface area contributed by atoms with Gasteiger partial charge in [0.15, 0.2) is 0 Å². The minimum atomic E-state index is -0.277. The Kier molecular flexibility index (Phi) is 3.48. The molecule has 3 aromatic rings. The number of benzene rings is 2. The number of halogens is 1. The van der Waals surface area contributed by atoms with E-state index in [0.717, 1.165) is 23.6 Å². The maximum atomic E-state index is 13.3. The number of aromatic hydroxyl groups is 1. The first-order chi connectivity index (χ1) is 10.2. The molecule has 0 spiro atoms. The lowest BCUT2D eigenvalue weighted by molar-refractivity contribution is 0.475. The SMILES string of the molecule is CCn1c(CNc2ccc(O)cc2)nc2cc(F)ccc21. The number of hydrogen-bond acceptors (Lipinski definition) is 3. The summed E-state index contributed by atoms with van der Waals surface area (Å²) in [4.78, 5) is 4.49. The largest absolute Gasteiger partial charge is 0.508 e. The van der Waals surface area contributed by atoms with Gasteiger partial charge < -0.3 is 15.0 Å². The molecule has 2 aromatic carbocycles. The summed E-state index contributed by atoms with van der Waals surface area (Å²) in [7, 11) is 0. The molecular weight excluding hydrogens is 269 g/mol. The zero-order valence-electron chi connectivity index (χ0n) is 11.7. The Labute approximate surface area is 121 Å². The van der Waals surface area contributed by atoms with Crippen molar-refractivity contribution in [3.8, 4) is 5.75 Å². The standard InChI is InChI=1S/C16H16FN3O/c1-2-20-15-8-3-11(17)9-14(15)19-16(20)10-18-12-4-6-13(21)7-5-12/h3-9,18,21H,2,10H2,1H3. The van der Waals surface area contributed by atoms with Crippen molar-refractivity contribution in [1.29, 1.82) is 0 Å². The molecule has 3 rings (SSSR count). The van der Waals surface area contributed by atoms with E-state index >= 15 is 0 Å². The van der Waals surface area contributed by atoms with Gasteiger partial charge in [-0.1, -0.05) is 0 Å². The van der Waals surface area contributed by atoms with Gasteiger partial charge in [0, 0.05) is 18.3 Å². The highest BCUT2D eigenvalue weighted by molar-refractivity contribution is 5.76. The van der Waals surface area contributed by atoms with Crippen molar-refractivity contribution >= 4 is 16.7 Å². The number of phenols is 1. The zero-order valence-corrected chi connectivity index (χ0v) is 11.7. The predicted molar refractivity (Wildman–Crippen MR) is 80.8 cm³/mol. The summed E-state index contributed by atoms with van der Waals surface area (Å²) >= 11 is 0. The van der Waals surface area contributed by atoms with Gasteiger partial charge >= 0.3 is 0 Å². The second kappa shape index (κ2) is 5.44. The van der Waals surface area contributed by atoms with E-state index in [1.165, 1.54) is 12.1 Å². The van der Waals surface area contributed by atoms with Crippen LogP contribution in [-0.4, -0.2) is 14.7 Å². The number of hydrogen-bond donors (Lipinski definition) is 2. The third-order valence-corrected chi connectivity index (χ3v) is 3.42. The normalized spacial score (nSPS) is 11.0. The molecule has 0 aliphatic heterocycles. The first-order valence-corrected chi connectivity index (χ1v) is 6.85. The van der Waals surface area contributed by atoms with E-state index in [1.54, 1.807) is 30.3 Å². The molecule has 4 nitrogen and oxygen atoms in total. The van der Waals surface area contributed by atoms with Gasteiger partial charge in [0.25, 0.3) is 0 Å². The van der Waals surface area contributed by atoms with Gasteiger partial charge in [-0.25, -0.2) is 9.37 Å². The molecule has 1 heterocycles. The van der Waals surface area contributed by atoms with E-state index in [2.05, 4.69) is 14.9 Å². The monoisotopic (exact) mass is 285 g/mol. The first kappa shape index (κ1) is 13.4. The second-order valence-electron chi connectivity index (χ2n) is 4.81. The number of nitrogens with one attached hydrogen (secondary N) is 1. The number of imidazole rings is 1. The Balaban J connectivity index is 1.87. The number of anilines is 1. The molecule has 0 saturated carbocycles. The minimum absolute atomic E-state index is 0.233. The molecule has 5 heteroatoms. The van der Waals surface area contributed by atoms with Crippen molar-refractivity contribution in [3.05, 3.63) is 54.1 Å². The van der Waals surface area contributed by atoms with Gasteiger partial charge in [-0.15, -0.1) is 0 Å². The topological polar surface area (TPSA) is 50.1 Å². The third-order valence-electron chi connectivity index (χ3n) is 3.42. The van der Waals surface area contributed by atoms with Gasteiger partial charge in [0.05, 0.1) is 17.6 Å². The molecular formula is C16H16FN3O. The van der Waals surface area contributed by atoms with Crippen molar-refractivity contribution in [2.24, 2.45) is 0 Å². The fourth-order valence-electron chi connectivity index (χ4n) is 2.40. The second-order valence-corrected chi connectivity index (χ2v) is 4.81. The molecule has 0 aliphatic rings.